The van der Waals surface area contributed by atoms with Crippen molar-refractivity contribution >= 4 is 27.4 Å². The van der Waals surface area contributed by atoms with Gasteiger partial charge in [0.15, 0.2) is 0 Å². The number of benzene rings is 1. The normalized spacial score (nSPS) is 14.3. The first-order valence-electron chi connectivity index (χ1n) is 8.47. The number of anilines is 2. The highest BCUT2D eigenvalue weighted by Gasteiger charge is 2.13. The number of hydrogen-bond acceptors (Lipinski definition) is 5. The molecule has 1 fully saturated rings. The summed E-state index contributed by atoms with van der Waals surface area (Å²) in [7, 11) is -3.38. The third-order valence-electron chi connectivity index (χ3n) is 4.12. The molecule has 2 N–H and O–H groups in total. The van der Waals surface area contributed by atoms with Gasteiger partial charge in [0.2, 0.25) is 10.0 Å². The largest absolute Gasteiger partial charge is 0.357 e. The Morgan fingerprint density at radius 2 is 1.96 bits per heavy atom. The van der Waals surface area contributed by atoms with E-state index in [0.717, 1.165) is 30.7 Å². The number of sulfonamides is 1. The molecular formula is C18H22N4O3S. The number of aromatic nitrogens is 1. The number of hydrogen-bond donors (Lipinski definition) is 2. The van der Waals surface area contributed by atoms with Gasteiger partial charge in [0.25, 0.3) is 5.91 Å². The van der Waals surface area contributed by atoms with Crippen molar-refractivity contribution in [1.82, 2.24) is 10.3 Å². The van der Waals surface area contributed by atoms with Gasteiger partial charge in [0.05, 0.1) is 6.26 Å². The molecule has 0 saturated carbocycles. The minimum Gasteiger partial charge on any atom is -0.357 e. The minimum atomic E-state index is -3.38. The van der Waals surface area contributed by atoms with Gasteiger partial charge in [-0.3, -0.25) is 9.52 Å². The number of amides is 1. The quantitative estimate of drug-likeness (QED) is 0.807. The van der Waals surface area contributed by atoms with Crippen LogP contribution in [0.25, 0.3) is 0 Å². The van der Waals surface area contributed by atoms with E-state index in [-0.39, 0.29) is 5.91 Å². The highest BCUT2D eigenvalue weighted by Crippen LogP contribution is 2.17. The number of nitrogens with one attached hydrogen (secondary N) is 2. The van der Waals surface area contributed by atoms with Crippen LogP contribution in [0.5, 0.6) is 0 Å². The average molecular weight is 374 g/mol. The SMILES string of the molecule is CS(=O)(=O)Nc1cccc(C(=O)NCc2ccc(N3CCCC3)nc2)c1. The highest BCUT2D eigenvalue weighted by atomic mass is 32.2. The van der Waals surface area contributed by atoms with Crippen molar-refractivity contribution < 1.29 is 13.2 Å². The summed E-state index contributed by atoms with van der Waals surface area (Å²) in [6, 6.07) is 10.3. The van der Waals surface area contributed by atoms with Gasteiger partial charge in [0, 0.05) is 37.1 Å². The van der Waals surface area contributed by atoms with Gasteiger partial charge in [-0.25, -0.2) is 13.4 Å². The van der Waals surface area contributed by atoms with E-state index in [1.807, 2.05) is 12.1 Å². The lowest BCUT2D eigenvalue weighted by molar-refractivity contribution is 0.0951. The number of rotatable bonds is 6. The molecule has 26 heavy (non-hydrogen) atoms. The number of carbonyl (C=O) groups is 1. The van der Waals surface area contributed by atoms with E-state index in [1.54, 1.807) is 24.4 Å². The van der Waals surface area contributed by atoms with Gasteiger partial charge in [0.1, 0.15) is 5.82 Å². The Hall–Kier alpha value is -2.61. The average Bonchev–Trinajstić information content (AvgIpc) is 3.13. The fourth-order valence-corrected chi connectivity index (χ4v) is 3.43. The van der Waals surface area contributed by atoms with Crippen LogP contribution >= 0.6 is 0 Å². The van der Waals surface area contributed by atoms with E-state index in [9.17, 15) is 13.2 Å². The monoisotopic (exact) mass is 374 g/mol. The topological polar surface area (TPSA) is 91.4 Å². The Kier molecular flexibility index (Phi) is 5.41. The Bertz CT molecular complexity index is 876. The lowest BCUT2D eigenvalue weighted by atomic mass is 10.2. The molecule has 2 aromatic rings. The molecular weight excluding hydrogens is 352 g/mol. The van der Waals surface area contributed by atoms with Gasteiger partial charge in [-0.2, -0.15) is 0 Å². The van der Waals surface area contributed by atoms with Crippen molar-refractivity contribution in [3.05, 3.63) is 53.7 Å². The van der Waals surface area contributed by atoms with E-state index in [0.29, 0.717) is 17.8 Å². The van der Waals surface area contributed by atoms with E-state index >= 15 is 0 Å². The molecule has 1 aromatic carbocycles. The van der Waals surface area contributed by atoms with Crippen LogP contribution < -0.4 is 14.9 Å². The Balaban J connectivity index is 1.59. The Labute approximate surface area is 153 Å². The molecule has 0 radical (unpaired) electrons. The van der Waals surface area contributed by atoms with Crippen molar-refractivity contribution in [3.8, 4) is 0 Å². The van der Waals surface area contributed by atoms with E-state index in [4.69, 9.17) is 0 Å². The molecule has 7 nitrogen and oxygen atoms in total. The van der Waals surface area contributed by atoms with Crippen LogP contribution in [0.2, 0.25) is 0 Å². The summed E-state index contributed by atoms with van der Waals surface area (Å²) in [6.45, 7) is 2.44. The maximum atomic E-state index is 12.3. The molecule has 1 saturated heterocycles. The first-order valence-corrected chi connectivity index (χ1v) is 10.4. The second-order valence-corrected chi connectivity index (χ2v) is 8.10. The third-order valence-corrected chi connectivity index (χ3v) is 4.73. The molecule has 8 heteroatoms. The van der Waals surface area contributed by atoms with E-state index in [2.05, 4.69) is 19.9 Å². The summed E-state index contributed by atoms with van der Waals surface area (Å²) in [4.78, 5) is 19.0. The molecule has 2 heterocycles. The van der Waals surface area contributed by atoms with Crippen molar-refractivity contribution in [1.29, 1.82) is 0 Å². The smallest absolute Gasteiger partial charge is 0.251 e. The summed E-state index contributed by atoms with van der Waals surface area (Å²) < 4.78 is 24.9. The predicted octanol–water partition coefficient (Wildman–Crippen LogP) is 1.98. The summed E-state index contributed by atoms with van der Waals surface area (Å²) in [5.41, 5.74) is 1.66. The van der Waals surface area contributed by atoms with Gasteiger partial charge >= 0.3 is 0 Å². The van der Waals surface area contributed by atoms with Crippen LogP contribution in [-0.4, -0.2) is 38.7 Å². The van der Waals surface area contributed by atoms with Gasteiger partial charge in [-0.1, -0.05) is 12.1 Å². The molecule has 1 aliphatic rings. The van der Waals surface area contributed by atoms with Crippen molar-refractivity contribution in [2.75, 3.05) is 29.0 Å². The molecule has 1 aromatic heterocycles. The molecule has 1 amide bonds. The van der Waals surface area contributed by atoms with E-state index in [1.165, 1.54) is 18.9 Å². The second-order valence-electron chi connectivity index (χ2n) is 6.36. The van der Waals surface area contributed by atoms with Crippen LogP contribution in [0.1, 0.15) is 28.8 Å². The summed E-state index contributed by atoms with van der Waals surface area (Å²) in [5.74, 6) is 0.697. The lowest BCUT2D eigenvalue weighted by Crippen LogP contribution is -2.23. The second kappa shape index (κ2) is 7.74. The Morgan fingerprint density at radius 1 is 1.19 bits per heavy atom. The van der Waals surface area contributed by atoms with Crippen LogP contribution in [0, 0.1) is 0 Å². The molecule has 0 bridgehead atoms. The first kappa shape index (κ1) is 18.2. The van der Waals surface area contributed by atoms with Gasteiger partial charge in [-0.15, -0.1) is 0 Å². The fraction of sp³-hybridized carbons (Fsp3) is 0.333. The molecule has 0 atom stereocenters. The molecule has 0 unspecified atom stereocenters. The number of carbonyl (C=O) groups excluding carboxylic acids is 1. The zero-order valence-corrected chi connectivity index (χ0v) is 15.4. The minimum absolute atomic E-state index is 0.272. The van der Waals surface area contributed by atoms with Crippen molar-refractivity contribution in [2.45, 2.75) is 19.4 Å². The van der Waals surface area contributed by atoms with Crippen LogP contribution in [-0.2, 0) is 16.6 Å². The summed E-state index contributed by atoms with van der Waals surface area (Å²) in [6.07, 6.45) is 5.24. The third kappa shape index (κ3) is 4.95. The maximum absolute atomic E-state index is 12.3. The predicted molar refractivity (Wildman–Crippen MR) is 102 cm³/mol. The summed E-state index contributed by atoms with van der Waals surface area (Å²) >= 11 is 0. The zero-order chi connectivity index (χ0) is 18.6. The lowest BCUT2D eigenvalue weighted by Gasteiger charge is -2.16. The Morgan fingerprint density at radius 3 is 2.62 bits per heavy atom. The molecule has 1 aliphatic heterocycles. The number of pyridine rings is 1. The maximum Gasteiger partial charge on any atom is 0.251 e. The first-order chi connectivity index (χ1) is 12.4. The highest BCUT2D eigenvalue weighted by molar-refractivity contribution is 7.92. The summed E-state index contributed by atoms with van der Waals surface area (Å²) in [5, 5.41) is 2.82. The van der Waals surface area contributed by atoms with Crippen LogP contribution in [0.3, 0.4) is 0 Å². The molecule has 138 valence electrons. The standard InChI is InChI=1S/C18H22N4O3S/c1-26(24,25)21-16-6-4-5-15(11-16)18(23)20-13-14-7-8-17(19-12-14)22-9-2-3-10-22/h4-8,11-12,21H,2-3,9-10,13H2,1H3,(H,20,23). The van der Waals surface area contributed by atoms with Crippen LogP contribution in [0.4, 0.5) is 11.5 Å². The van der Waals surface area contributed by atoms with Crippen LogP contribution in [0.15, 0.2) is 42.6 Å². The molecule has 0 aliphatic carbocycles. The van der Waals surface area contributed by atoms with Gasteiger partial charge < -0.3 is 10.2 Å². The zero-order valence-electron chi connectivity index (χ0n) is 14.6. The molecule has 3 rings (SSSR count). The van der Waals surface area contributed by atoms with E-state index < -0.39 is 10.0 Å². The van der Waals surface area contributed by atoms with Gasteiger partial charge in [-0.05, 0) is 42.7 Å². The van der Waals surface area contributed by atoms with Crippen molar-refractivity contribution in [3.63, 3.8) is 0 Å². The number of nitrogens with zero attached hydrogens (tertiary/aromatic N) is 2. The fourth-order valence-electron chi connectivity index (χ4n) is 2.88. The van der Waals surface area contributed by atoms with Crippen molar-refractivity contribution in [2.24, 2.45) is 0 Å². The molecule has 0 spiro atoms.